The first-order valence-corrected chi connectivity index (χ1v) is 9.03. The number of carbonyl (C=O) groups excluding carboxylic acids is 1. The second-order valence-corrected chi connectivity index (χ2v) is 6.82. The second kappa shape index (κ2) is 7.37. The van der Waals surface area contributed by atoms with E-state index < -0.39 is 0 Å². The van der Waals surface area contributed by atoms with Gasteiger partial charge in [-0.05, 0) is 48.5 Å². The van der Waals surface area contributed by atoms with Gasteiger partial charge >= 0.3 is 0 Å². The van der Waals surface area contributed by atoms with Crippen LogP contribution in [0.25, 0.3) is 10.2 Å². The smallest absolute Gasteiger partial charge is 0.255 e. The fourth-order valence-electron chi connectivity index (χ4n) is 2.55. The number of aromatic nitrogens is 1. The molecule has 3 aromatic carbocycles. The largest absolute Gasteiger partial charge is 0.486 e. The molecule has 0 saturated carbocycles. The number of para-hydroxylation sites is 2. The quantitative estimate of drug-likeness (QED) is 0.537. The van der Waals surface area contributed by atoms with E-state index in [0.717, 1.165) is 20.9 Å². The number of nitrogens with zero attached hydrogens (tertiary/aromatic N) is 1. The molecule has 1 N–H and O–H groups in total. The Hall–Kier alpha value is -3.18. The van der Waals surface area contributed by atoms with Crippen molar-refractivity contribution in [1.29, 1.82) is 0 Å². The summed E-state index contributed by atoms with van der Waals surface area (Å²) in [6.45, 7) is 0.412. The molecule has 4 rings (SSSR count). The van der Waals surface area contributed by atoms with Gasteiger partial charge in [0.05, 0.1) is 10.2 Å². The molecule has 1 amide bonds. The summed E-state index contributed by atoms with van der Waals surface area (Å²) in [7, 11) is 0. The van der Waals surface area contributed by atoms with Gasteiger partial charge in [0.2, 0.25) is 0 Å². The van der Waals surface area contributed by atoms with Crippen LogP contribution >= 0.6 is 11.3 Å². The van der Waals surface area contributed by atoms with Crippen LogP contribution in [0.2, 0.25) is 0 Å². The van der Waals surface area contributed by atoms with Gasteiger partial charge in [0.1, 0.15) is 17.4 Å². The predicted octanol–water partition coefficient (Wildman–Crippen LogP) is 5.13. The van der Waals surface area contributed by atoms with E-state index in [4.69, 9.17) is 4.74 Å². The minimum Gasteiger partial charge on any atom is -0.486 e. The van der Waals surface area contributed by atoms with Crippen molar-refractivity contribution in [2.75, 3.05) is 5.32 Å². The number of rotatable bonds is 5. The second-order valence-electron chi connectivity index (χ2n) is 5.71. The van der Waals surface area contributed by atoms with Gasteiger partial charge in [0, 0.05) is 11.3 Å². The average Bonchev–Trinajstić information content (AvgIpc) is 3.10. The first-order chi connectivity index (χ1) is 12.8. The van der Waals surface area contributed by atoms with Crippen LogP contribution in [0.5, 0.6) is 5.75 Å². The van der Waals surface area contributed by atoms with E-state index in [-0.39, 0.29) is 5.91 Å². The van der Waals surface area contributed by atoms with E-state index in [2.05, 4.69) is 16.4 Å². The third kappa shape index (κ3) is 3.73. The summed E-state index contributed by atoms with van der Waals surface area (Å²) in [4.78, 5) is 16.8. The maximum atomic E-state index is 12.2. The number of hydrogen-bond donors (Lipinski definition) is 1. The molecule has 0 radical (unpaired) electrons. The SMILES string of the molecule is O=C(Nc1ccccc1)c1ccc(OCc2nc3ccccc3s2)cc1. The Labute approximate surface area is 155 Å². The highest BCUT2D eigenvalue weighted by Crippen LogP contribution is 2.23. The predicted molar refractivity (Wildman–Crippen MR) is 105 cm³/mol. The van der Waals surface area contributed by atoms with E-state index in [9.17, 15) is 4.79 Å². The molecule has 0 aliphatic heterocycles. The molecular weight excluding hydrogens is 344 g/mol. The minimum absolute atomic E-state index is 0.145. The van der Waals surface area contributed by atoms with Gasteiger partial charge in [-0.25, -0.2) is 4.98 Å². The van der Waals surface area contributed by atoms with Crippen molar-refractivity contribution in [2.45, 2.75) is 6.61 Å². The van der Waals surface area contributed by atoms with Gasteiger partial charge in [-0.15, -0.1) is 11.3 Å². The number of benzene rings is 3. The highest BCUT2D eigenvalue weighted by atomic mass is 32.1. The van der Waals surface area contributed by atoms with Crippen molar-refractivity contribution in [3.05, 3.63) is 89.4 Å². The normalized spacial score (nSPS) is 10.6. The molecule has 0 bridgehead atoms. The van der Waals surface area contributed by atoms with Crippen LogP contribution in [-0.2, 0) is 6.61 Å². The van der Waals surface area contributed by atoms with Gasteiger partial charge in [-0.2, -0.15) is 0 Å². The Bertz CT molecular complexity index is 994. The number of hydrogen-bond acceptors (Lipinski definition) is 4. The molecule has 0 unspecified atom stereocenters. The van der Waals surface area contributed by atoms with Crippen molar-refractivity contribution in [2.24, 2.45) is 0 Å². The molecular formula is C21H16N2O2S. The zero-order valence-electron chi connectivity index (χ0n) is 13.9. The summed E-state index contributed by atoms with van der Waals surface area (Å²) in [6.07, 6.45) is 0. The fraction of sp³-hybridized carbons (Fsp3) is 0.0476. The summed E-state index contributed by atoms with van der Waals surface area (Å²) in [5, 5.41) is 3.79. The molecule has 4 aromatic rings. The first-order valence-electron chi connectivity index (χ1n) is 8.22. The van der Waals surface area contributed by atoms with Gasteiger partial charge in [0.15, 0.2) is 0 Å². The van der Waals surface area contributed by atoms with Crippen molar-refractivity contribution in [3.8, 4) is 5.75 Å². The minimum atomic E-state index is -0.145. The van der Waals surface area contributed by atoms with E-state index in [1.165, 1.54) is 0 Å². The molecule has 0 fully saturated rings. The van der Waals surface area contributed by atoms with Gasteiger partial charge in [-0.3, -0.25) is 4.79 Å². The lowest BCUT2D eigenvalue weighted by Gasteiger charge is -2.07. The number of nitrogens with one attached hydrogen (secondary N) is 1. The monoisotopic (exact) mass is 360 g/mol. The summed E-state index contributed by atoms with van der Waals surface area (Å²) >= 11 is 1.63. The van der Waals surface area contributed by atoms with E-state index in [1.54, 1.807) is 35.6 Å². The molecule has 0 atom stereocenters. The Morgan fingerprint density at radius 3 is 2.42 bits per heavy atom. The van der Waals surface area contributed by atoms with E-state index in [0.29, 0.717) is 17.9 Å². The molecule has 128 valence electrons. The van der Waals surface area contributed by atoms with E-state index in [1.807, 2.05) is 48.5 Å². The number of thiazole rings is 1. The Morgan fingerprint density at radius 1 is 0.923 bits per heavy atom. The number of ether oxygens (including phenoxy) is 1. The summed E-state index contributed by atoms with van der Waals surface area (Å²) in [6, 6.07) is 24.5. The molecule has 1 heterocycles. The van der Waals surface area contributed by atoms with Crippen LogP contribution in [0.1, 0.15) is 15.4 Å². The number of anilines is 1. The lowest BCUT2D eigenvalue weighted by atomic mass is 10.2. The lowest BCUT2D eigenvalue weighted by Crippen LogP contribution is -2.11. The number of carbonyl (C=O) groups is 1. The van der Waals surface area contributed by atoms with Crippen molar-refractivity contribution >= 4 is 33.1 Å². The van der Waals surface area contributed by atoms with Crippen LogP contribution in [0.3, 0.4) is 0 Å². The molecule has 26 heavy (non-hydrogen) atoms. The molecule has 1 aromatic heterocycles. The zero-order chi connectivity index (χ0) is 17.8. The topological polar surface area (TPSA) is 51.2 Å². The van der Waals surface area contributed by atoms with Crippen molar-refractivity contribution < 1.29 is 9.53 Å². The third-order valence-corrected chi connectivity index (χ3v) is 4.86. The number of fused-ring (bicyclic) bond motifs is 1. The van der Waals surface area contributed by atoms with Crippen molar-refractivity contribution in [1.82, 2.24) is 4.98 Å². The molecule has 0 saturated heterocycles. The van der Waals surface area contributed by atoms with Crippen LogP contribution < -0.4 is 10.1 Å². The highest BCUT2D eigenvalue weighted by Gasteiger charge is 2.07. The summed E-state index contributed by atoms with van der Waals surface area (Å²) < 4.78 is 6.94. The van der Waals surface area contributed by atoms with Gasteiger partial charge in [0.25, 0.3) is 5.91 Å². The fourth-order valence-corrected chi connectivity index (χ4v) is 3.43. The van der Waals surface area contributed by atoms with Gasteiger partial charge in [-0.1, -0.05) is 30.3 Å². The van der Waals surface area contributed by atoms with Crippen LogP contribution in [0, 0.1) is 0 Å². The standard InChI is InChI=1S/C21H16N2O2S/c24-21(22-16-6-2-1-3-7-16)15-10-12-17(13-11-15)25-14-20-23-18-8-4-5-9-19(18)26-20/h1-13H,14H2,(H,22,24). The van der Waals surface area contributed by atoms with Crippen LogP contribution in [0.15, 0.2) is 78.9 Å². The lowest BCUT2D eigenvalue weighted by molar-refractivity contribution is 0.102. The zero-order valence-corrected chi connectivity index (χ0v) is 14.7. The maximum Gasteiger partial charge on any atom is 0.255 e. The summed E-state index contributed by atoms with van der Waals surface area (Å²) in [5.41, 5.74) is 2.35. The molecule has 0 aliphatic rings. The van der Waals surface area contributed by atoms with Gasteiger partial charge < -0.3 is 10.1 Å². The third-order valence-electron chi connectivity index (χ3n) is 3.85. The van der Waals surface area contributed by atoms with E-state index >= 15 is 0 Å². The number of amides is 1. The maximum absolute atomic E-state index is 12.2. The van der Waals surface area contributed by atoms with Crippen LogP contribution in [0.4, 0.5) is 5.69 Å². The highest BCUT2D eigenvalue weighted by molar-refractivity contribution is 7.18. The summed E-state index contributed by atoms with van der Waals surface area (Å²) in [5.74, 6) is 0.564. The molecule has 0 spiro atoms. The average molecular weight is 360 g/mol. The Balaban J connectivity index is 1.38. The molecule has 4 nitrogen and oxygen atoms in total. The Kier molecular flexibility index (Phi) is 4.62. The Morgan fingerprint density at radius 2 is 1.65 bits per heavy atom. The molecule has 0 aliphatic carbocycles. The molecule has 5 heteroatoms. The van der Waals surface area contributed by atoms with Crippen molar-refractivity contribution in [3.63, 3.8) is 0 Å². The first kappa shape index (κ1) is 16.3. The van der Waals surface area contributed by atoms with Crippen LogP contribution in [-0.4, -0.2) is 10.9 Å².